The van der Waals surface area contributed by atoms with Crippen LogP contribution in [0.1, 0.15) is 24.6 Å². The molecule has 0 saturated carbocycles. The van der Waals surface area contributed by atoms with E-state index in [1.54, 1.807) is 0 Å². The van der Waals surface area contributed by atoms with E-state index in [-0.39, 0.29) is 0 Å². The summed E-state index contributed by atoms with van der Waals surface area (Å²) >= 11 is 1.83. The zero-order chi connectivity index (χ0) is 15.6. The Hall–Kier alpha value is -1.33. The summed E-state index contributed by atoms with van der Waals surface area (Å²) in [6.07, 6.45) is 5.44. The van der Waals surface area contributed by atoms with Crippen LogP contribution in [0.4, 0.5) is 0 Å². The summed E-state index contributed by atoms with van der Waals surface area (Å²) in [5.74, 6) is 1.49. The Balaban J connectivity index is 1.63. The number of hydrogen-bond acceptors (Lipinski definition) is 3. The van der Waals surface area contributed by atoms with Gasteiger partial charge in [-0.05, 0) is 36.6 Å². The smallest absolute Gasteiger partial charge is 0.190 e. The predicted molar refractivity (Wildman–Crippen MR) is 94.7 cm³/mol. The Morgan fingerprint density at radius 1 is 1.45 bits per heavy atom. The summed E-state index contributed by atoms with van der Waals surface area (Å²) in [4.78, 5) is 5.74. The predicted octanol–water partition coefficient (Wildman–Crippen LogP) is 2.83. The summed E-state index contributed by atoms with van der Waals surface area (Å²) in [5, 5.41) is 8.95. The van der Waals surface area contributed by atoms with Crippen molar-refractivity contribution in [3.8, 4) is 0 Å². The molecular formula is C17H27N3OS. The van der Waals surface area contributed by atoms with E-state index in [1.165, 1.54) is 10.5 Å². The molecule has 1 atom stereocenters. The van der Waals surface area contributed by atoms with Crippen molar-refractivity contribution in [2.45, 2.75) is 26.2 Å². The van der Waals surface area contributed by atoms with Gasteiger partial charge in [0, 0.05) is 25.0 Å². The van der Waals surface area contributed by atoms with Gasteiger partial charge < -0.3 is 15.4 Å². The third kappa shape index (κ3) is 6.20. The zero-order valence-electron chi connectivity index (χ0n) is 13.6. The first-order valence-corrected chi connectivity index (χ1v) is 8.88. The van der Waals surface area contributed by atoms with E-state index in [4.69, 9.17) is 4.74 Å². The Labute approximate surface area is 137 Å². The lowest BCUT2D eigenvalue weighted by Gasteiger charge is -2.17. The normalized spacial score (nSPS) is 17.0. The molecule has 0 aliphatic carbocycles. The second-order valence-corrected chi connectivity index (χ2v) is 6.74. The van der Waals surface area contributed by atoms with E-state index >= 15 is 0 Å². The topological polar surface area (TPSA) is 45.7 Å². The average Bonchev–Trinajstić information content (AvgIpc) is 3.04. The van der Waals surface area contributed by atoms with Crippen LogP contribution in [0.3, 0.4) is 0 Å². The molecule has 1 unspecified atom stereocenters. The molecule has 0 amide bonds. The highest BCUT2D eigenvalue weighted by Crippen LogP contribution is 2.14. The van der Waals surface area contributed by atoms with Crippen LogP contribution in [-0.4, -0.2) is 39.3 Å². The minimum absolute atomic E-state index is 0.593. The van der Waals surface area contributed by atoms with Gasteiger partial charge in [0.25, 0.3) is 0 Å². The molecule has 2 N–H and O–H groups in total. The van der Waals surface area contributed by atoms with Crippen LogP contribution in [0.5, 0.6) is 0 Å². The first-order chi connectivity index (χ1) is 10.8. The molecule has 0 aromatic carbocycles. The first-order valence-electron chi connectivity index (χ1n) is 8.00. The lowest BCUT2D eigenvalue weighted by atomic mass is 10.1. The molecule has 4 nitrogen and oxygen atoms in total. The van der Waals surface area contributed by atoms with Gasteiger partial charge in [0.15, 0.2) is 5.96 Å². The summed E-state index contributed by atoms with van der Waals surface area (Å²) in [7, 11) is 1.83. The van der Waals surface area contributed by atoms with Gasteiger partial charge in [-0.1, -0.05) is 24.6 Å². The van der Waals surface area contributed by atoms with E-state index < -0.39 is 0 Å². The van der Waals surface area contributed by atoms with Crippen LogP contribution < -0.4 is 10.6 Å². The first kappa shape index (κ1) is 17.0. The molecule has 0 fully saturated rings. The second kappa shape index (κ2) is 9.64. The number of nitrogens with one attached hydrogen (secondary N) is 2. The highest BCUT2D eigenvalue weighted by molar-refractivity contribution is 7.09. The van der Waals surface area contributed by atoms with Crippen molar-refractivity contribution in [1.82, 2.24) is 10.6 Å². The molecule has 0 saturated heterocycles. The number of hydrogen-bond donors (Lipinski definition) is 2. The van der Waals surface area contributed by atoms with Crippen molar-refractivity contribution in [2.24, 2.45) is 10.9 Å². The molecule has 5 heteroatoms. The summed E-state index contributed by atoms with van der Waals surface area (Å²) in [6, 6.07) is 4.32. The molecule has 1 aromatic heterocycles. The van der Waals surface area contributed by atoms with Gasteiger partial charge in [-0.15, -0.1) is 11.3 Å². The maximum absolute atomic E-state index is 5.32. The quantitative estimate of drug-likeness (QED) is 0.461. The molecule has 122 valence electrons. The van der Waals surface area contributed by atoms with Crippen molar-refractivity contribution in [3.63, 3.8) is 0 Å². The molecule has 1 aliphatic heterocycles. The molecule has 0 bridgehead atoms. The van der Waals surface area contributed by atoms with Gasteiger partial charge >= 0.3 is 0 Å². The van der Waals surface area contributed by atoms with Crippen molar-refractivity contribution in [3.05, 3.63) is 34.0 Å². The number of guanidine groups is 1. The Kier molecular flexibility index (Phi) is 7.46. The van der Waals surface area contributed by atoms with Crippen molar-refractivity contribution >= 4 is 17.3 Å². The highest BCUT2D eigenvalue weighted by atomic mass is 32.1. The largest absolute Gasteiger partial charge is 0.377 e. The second-order valence-electron chi connectivity index (χ2n) is 5.71. The van der Waals surface area contributed by atoms with Crippen LogP contribution in [0.25, 0.3) is 0 Å². The minimum atomic E-state index is 0.593. The van der Waals surface area contributed by atoms with Crippen LogP contribution in [0, 0.1) is 5.92 Å². The van der Waals surface area contributed by atoms with Gasteiger partial charge in [0.2, 0.25) is 0 Å². The third-order valence-electron chi connectivity index (χ3n) is 3.77. The molecule has 0 spiro atoms. The molecule has 0 radical (unpaired) electrons. The standard InChI is InChI=1S/C17H27N3OS/c1-14(12-16-4-3-11-22-16)13-20-17(18-2)19-8-5-15-6-9-21-10-7-15/h3-4,6,11,14H,5,7-10,12-13H2,1-2H3,(H2,18,19,20). The van der Waals surface area contributed by atoms with Gasteiger partial charge in [-0.2, -0.15) is 0 Å². The van der Waals surface area contributed by atoms with E-state index in [1.807, 2.05) is 18.4 Å². The number of rotatable bonds is 7. The Bertz CT molecular complexity index is 482. The van der Waals surface area contributed by atoms with Crippen molar-refractivity contribution in [1.29, 1.82) is 0 Å². The number of nitrogens with zero attached hydrogens (tertiary/aromatic N) is 1. The molecular weight excluding hydrogens is 294 g/mol. The molecule has 2 rings (SSSR count). The fourth-order valence-electron chi connectivity index (χ4n) is 2.47. The summed E-state index contributed by atoms with van der Waals surface area (Å²) < 4.78 is 5.32. The zero-order valence-corrected chi connectivity index (χ0v) is 14.4. The maximum atomic E-state index is 5.32. The summed E-state index contributed by atoms with van der Waals surface area (Å²) in [5.41, 5.74) is 1.49. The minimum Gasteiger partial charge on any atom is -0.377 e. The van der Waals surface area contributed by atoms with E-state index in [9.17, 15) is 0 Å². The van der Waals surface area contributed by atoms with Crippen molar-refractivity contribution < 1.29 is 4.74 Å². The van der Waals surface area contributed by atoms with E-state index in [2.05, 4.69) is 46.1 Å². The third-order valence-corrected chi connectivity index (χ3v) is 4.67. The number of aliphatic imine (C=N–C) groups is 1. The van der Waals surface area contributed by atoms with E-state index in [0.717, 1.165) is 51.5 Å². The van der Waals surface area contributed by atoms with Gasteiger partial charge in [0.1, 0.15) is 0 Å². The fraction of sp³-hybridized carbons (Fsp3) is 0.588. The van der Waals surface area contributed by atoms with Gasteiger partial charge in [-0.25, -0.2) is 0 Å². The Morgan fingerprint density at radius 3 is 3.05 bits per heavy atom. The van der Waals surface area contributed by atoms with Gasteiger partial charge in [0.05, 0.1) is 13.2 Å². The molecule has 1 aliphatic rings. The van der Waals surface area contributed by atoms with Gasteiger partial charge in [-0.3, -0.25) is 4.99 Å². The lowest BCUT2D eigenvalue weighted by Crippen LogP contribution is -2.40. The molecule has 2 heterocycles. The van der Waals surface area contributed by atoms with Crippen LogP contribution in [0.15, 0.2) is 34.2 Å². The SMILES string of the molecule is CN=C(NCCC1=CCOCC1)NCC(C)Cc1cccs1. The fourth-order valence-corrected chi connectivity index (χ4v) is 3.34. The summed E-state index contributed by atoms with van der Waals surface area (Å²) in [6.45, 7) is 5.76. The van der Waals surface area contributed by atoms with Crippen LogP contribution in [0.2, 0.25) is 0 Å². The number of thiophene rings is 1. The number of ether oxygens (including phenoxy) is 1. The average molecular weight is 321 g/mol. The van der Waals surface area contributed by atoms with E-state index in [0.29, 0.717) is 5.92 Å². The molecule has 22 heavy (non-hydrogen) atoms. The van der Waals surface area contributed by atoms with Crippen molar-refractivity contribution in [2.75, 3.05) is 33.4 Å². The van der Waals surface area contributed by atoms with Crippen LogP contribution >= 0.6 is 11.3 Å². The van der Waals surface area contributed by atoms with Crippen LogP contribution in [-0.2, 0) is 11.2 Å². The maximum Gasteiger partial charge on any atom is 0.190 e. The Morgan fingerprint density at radius 2 is 2.36 bits per heavy atom. The monoisotopic (exact) mass is 321 g/mol. The molecule has 1 aromatic rings. The highest BCUT2D eigenvalue weighted by Gasteiger charge is 2.07. The lowest BCUT2D eigenvalue weighted by molar-refractivity contribution is 0.153.